The normalized spacial score (nSPS) is 21.6. The van der Waals surface area contributed by atoms with E-state index < -0.39 is 8.32 Å². The Morgan fingerprint density at radius 3 is 2.72 bits per heavy atom. The summed E-state index contributed by atoms with van der Waals surface area (Å²) in [7, 11) is -1.81. The standard InChI is InChI=1S/C21H28BrN3O2SSi/c1-21(2,3)29(4,5)27-10-9-25-17(26)12-13-11-16-14(18(13)25)7-6-8-15(16)19-23-20(22)24-28-19/h6-8,13,18H,9-12H2,1-5H3. The van der Waals surface area contributed by atoms with E-state index in [-0.39, 0.29) is 17.0 Å². The Morgan fingerprint density at radius 1 is 1.31 bits per heavy atom. The van der Waals surface area contributed by atoms with Gasteiger partial charge in [0.2, 0.25) is 10.6 Å². The molecule has 2 heterocycles. The molecule has 0 radical (unpaired) electrons. The molecule has 8 heteroatoms. The maximum atomic E-state index is 12.8. The number of likely N-dealkylation sites (tertiary alicyclic amines) is 1. The number of benzene rings is 1. The zero-order valence-corrected chi connectivity index (χ0v) is 21.1. The third kappa shape index (κ3) is 3.84. The minimum absolute atomic E-state index is 0.164. The molecule has 2 aromatic rings. The van der Waals surface area contributed by atoms with E-state index >= 15 is 0 Å². The molecule has 29 heavy (non-hydrogen) atoms. The molecule has 2 aliphatic rings. The fraction of sp³-hybridized carbons (Fsp3) is 0.571. The van der Waals surface area contributed by atoms with Gasteiger partial charge < -0.3 is 9.33 Å². The second-order valence-corrected chi connectivity index (χ2v) is 15.8. The van der Waals surface area contributed by atoms with Gasteiger partial charge in [-0.25, -0.2) is 4.98 Å². The Labute approximate surface area is 186 Å². The van der Waals surface area contributed by atoms with Crippen LogP contribution in [0.3, 0.4) is 0 Å². The van der Waals surface area contributed by atoms with Crippen LogP contribution in [0.15, 0.2) is 22.9 Å². The Morgan fingerprint density at radius 2 is 2.07 bits per heavy atom. The van der Waals surface area contributed by atoms with Crippen molar-refractivity contribution in [3.63, 3.8) is 0 Å². The van der Waals surface area contributed by atoms with Gasteiger partial charge in [0.1, 0.15) is 5.01 Å². The van der Waals surface area contributed by atoms with Crippen molar-refractivity contribution in [1.29, 1.82) is 0 Å². The van der Waals surface area contributed by atoms with E-state index in [2.05, 4.69) is 82.3 Å². The van der Waals surface area contributed by atoms with Crippen LogP contribution in [0.2, 0.25) is 18.1 Å². The maximum Gasteiger partial charge on any atom is 0.223 e. The number of fused-ring (bicyclic) bond motifs is 3. The van der Waals surface area contributed by atoms with E-state index in [1.165, 1.54) is 22.7 Å². The summed E-state index contributed by atoms with van der Waals surface area (Å²) in [6.45, 7) is 12.5. The van der Waals surface area contributed by atoms with Crippen molar-refractivity contribution in [2.45, 2.75) is 57.8 Å². The summed E-state index contributed by atoms with van der Waals surface area (Å²) < 4.78 is 11.3. The number of rotatable bonds is 5. The molecule has 5 nitrogen and oxygen atoms in total. The molecule has 1 saturated heterocycles. The number of amides is 1. The predicted molar refractivity (Wildman–Crippen MR) is 122 cm³/mol. The molecule has 1 aliphatic heterocycles. The zero-order valence-electron chi connectivity index (χ0n) is 17.7. The minimum atomic E-state index is -1.81. The van der Waals surface area contributed by atoms with Crippen molar-refractivity contribution in [2.75, 3.05) is 13.2 Å². The summed E-state index contributed by atoms with van der Waals surface area (Å²) in [5.74, 6) is 0.608. The first-order valence-corrected chi connectivity index (χ1v) is 14.6. The van der Waals surface area contributed by atoms with Gasteiger partial charge in [-0.3, -0.25) is 4.79 Å². The van der Waals surface area contributed by atoms with Crippen LogP contribution in [0, 0.1) is 5.92 Å². The maximum absolute atomic E-state index is 12.8. The van der Waals surface area contributed by atoms with Gasteiger partial charge in [0.05, 0.1) is 12.6 Å². The molecule has 1 aliphatic carbocycles. The number of carbonyl (C=O) groups excluding carboxylic acids is 1. The van der Waals surface area contributed by atoms with E-state index in [0.29, 0.717) is 30.2 Å². The van der Waals surface area contributed by atoms with Gasteiger partial charge in [0.15, 0.2) is 8.32 Å². The zero-order chi connectivity index (χ0) is 21.0. The van der Waals surface area contributed by atoms with Gasteiger partial charge in [-0.05, 0) is 69.1 Å². The average Bonchev–Trinajstić information content (AvgIpc) is 3.28. The Bertz CT molecular complexity index is 940. The Balaban J connectivity index is 1.55. The van der Waals surface area contributed by atoms with Crippen LogP contribution in [0.4, 0.5) is 0 Å². The first-order chi connectivity index (χ1) is 13.6. The SMILES string of the molecule is CC(C)(C)[Si](C)(C)OCCN1C(=O)CC2Cc3c(-c4nc(Br)ns4)cccc3C21. The quantitative estimate of drug-likeness (QED) is 0.520. The Kier molecular flexibility index (Phi) is 5.51. The van der Waals surface area contributed by atoms with Crippen LogP contribution in [0.1, 0.15) is 44.4 Å². The number of hydrogen-bond acceptors (Lipinski definition) is 5. The number of hydrogen-bond donors (Lipinski definition) is 0. The van der Waals surface area contributed by atoms with E-state index in [0.717, 1.165) is 17.0 Å². The smallest absolute Gasteiger partial charge is 0.223 e. The van der Waals surface area contributed by atoms with Crippen LogP contribution in [-0.4, -0.2) is 41.6 Å². The highest BCUT2D eigenvalue weighted by Crippen LogP contribution is 2.49. The lowest BCUT2D eigenvalue weighted by Gasteiger charge is -2.37. The lowest BCUT2D eigenvalue weighted by molar-refractivity contribution is -0.129. The van der Waals surface area contributed by atoms with Crippen molar-refractivity contribution in [3.8, 4) is 10.6 Å². The monoisotopic (exact) mass is 493 g/mol. The van der Waals surface area contributed by atoms with E-state index in [9.17, 15) is 4.79 Å². The number of nitrogens with zero attached hydrogens (tertiary/aromatic N) is 3. The van der Waals surface area contributed by atoms with Crippen molar-refractivity contribution in [1.82, 2.24) is 14.3 Å². The highest BCUT2D eigenvalue weighted by atomic mass is 79.9. The minimum Gasteiger partial charge on any atom is -0.415 e. The fourth-order valence-electron chi connectivity index (χ4n) is 4.23. The molecule has 0 saturated carbocycles. The first kappa shape index (κ1) is 21.2. The molecular weight excluding hydrogens is 466 g/mol. The first-order valence-electron chi connectivity index (χ1n) is 10.1. The third-order valence-electron chi connectivity index (χ3n) is 6.77. The van der Waals surface area contributed by atoms with Crippen molar-refractivity contribution < 1.29 is 9.22 Å². The van der Waals surface area contributed by atoms with Crippen molar-refractivity contribution in [3.05, 3.63) is 34.1 Å². The van der Waals surface area contributed by atoms with Gasteiger partial charge in [-0.15, -0.1) is 0 Å². The van der Waals surface area contributed by atoms with Gasteiger partial charge in [0, 0.05) is 18.5 Å². The van der Waals surface area contributed by atoms with Crippen LogP contribution >= 0.6 is 27.5 Å². The van der Waals surface area contributed by atoms with Crippen LogP contribution < -0.4 is 0 Å². The molecule has 1 aromatic carbocycles. The van der Waals surface area contributed by atoms with Gasteiger partial charge in [-0.1, -0.05) is 39.0 Å². The molecule has 1 aromatic heterocycles. The molecule has 2 atom stereocenters. The largest absolute Gasteiger partial charge is 0.415 e. The second kappa shape index (κ2) is 7.55. The molecule has 0 spiro atoms. The Hall–Kier alpha value is -1.09. The summed E-state index contributed by atoms with van der Waals surface area (Å²) >= 11 is 4.77. The molecular formula is C21H28BrN3O2SSi. The van der Waals surface area contributed by atoms with Crippen molar-refractivity contribution in [2.24, 2.45) is 5.92 Å². The average molecular weight is 495 g/mol. The summed E-state index contributed by atoms with van der Waals surface area (Å²) in [6.07, 6.45) is 1.55. The molecule has 156 valence electrons. The van der Waals surface area contributed by atoms with Gasteiger partial charge in [0.25, 0.3) is 0 Å². The number of aromatic nitrogens is 2. The van der Waals surface area contributed by atoms with Crippen LogP contribution in [-0.2, 0) is 15.6 Å². The van der Waals surface area contributed by atoms with Crippen LogP contribution in [0.25, 0.3) is 10.6 Å². The molecule has 0 bridgehead atoms. The summed E-state index contributed by atoms with van der Waals surface area (Å²) in [4.78, 5) is 19.3. The van der Waals surface area contributed by atoms with Crippen LogP contribution in [0.5, 0.6) is 0 Å². The van der Waals surface area contributed by atoms with E-state index in [1.54, 1.807) is 0 Å². The fourth-order valence-corrected chi connectivity index (χ4v) is 6.40. The summed E-state index contributed by atoms with van der Waals surface area (Å²) in [5, 5.41) is 1.11. The molecule has 2 unspecified atom stereocenters. The highest BCUT2D eigenvalue weighted by molar-refractivity contribution is 9.10. The van der Waals surface area contributed by atoms with E-state index in [4.69, 9.17) is 4.43 Å². The molecule has 0 N–H and O–H groups in total. The molecule has 1 fully saturated rings. The van der Waals surface area contributed by atoms with Crippen molar-refractivity contribution >= 4 is 41.7 Å². The predicted octanol–water partition coefficient (Wildman–Crippen LogP) is 5.44. The lowest BCUT2D eigenvalue weighted by Crippen LogP contribution is -2.43. The lowest BCUT2D eigenvalue weighted by atomic mass is 10.0. The number of halogens is 1. The number of carbonyl (C=O) groups is 1. The second-order valence-electron chi connectivity index (χ2n) is 9.55. The molecule has 4 rings (SSSR count). The topological polar surface area (TPSA) is 55.3 Å². The van der Waals surface area contributed by atoms with E-state index in [1.807, 2.05) is 0 Å². The van der Waals surface area contributed by atoms with Gasteiger partial charge >= 0.3 is 0 Å². The van der Waals surface area contributed by atoms with Gasteiger partial charge in [-0.2, -0.15) is 4.37 Å². The molecule has 1 amide bonds. The summed E-state index contributed by atoms with van der Waals surface area (Å²) in [5.41, 5.74) is 3.76. The summed E-state index contributed by atoms with van der Waals surface area (Å²) in [6, 6.07) is 6.55. The highest BCUT2D eigenvalue weighted by Gasteiger charge is 2.46. The third-order valence-corrected chi connectivity index (χ3v) is 12.6.